The number of aromatic nitrogens is 2. The standard InChI is InChI=1S/C21H24N6O.HI/c1-22-21(23-10-9-16-14-27-11-5-4-8-19(27)25-16)24-13-15-12-20(28)26-18-7-3-2-6-17(15)18;/h2-8,11,14-15H,9-10,12-13H2,1H3,(H,26,28)(H2,22,23,24);1H. The summed E-state index contributed by atoms with van der Waals surface area (Å²) in [6.45, 7) is 1.38. The molecule has 7 nitrogen and oxygen atoms in total. The van der Waals surface area contributed by atoms with Gasteiger partial charge >= 0.3 is 0 Å². The van der Waals surface area contributed by atoms with Crippen molar-refractivity contribution in [2.75, 3.05) is 25.5 Å². The van der Waals surface area contributed by atoms with Crippen molar-refractivity contribution < 1.29 is 4.79 Å². The van der Waals surface area contributed by atoms with E-state index in [0.717, 1.165) is 41.5 Å². The van der Waals surface area contributed by atoms with Crippen molar-refractivity contribution in [1.82, 2.24) is 20.0 Å². The monoisotopic (exact) mass is 504 g/mol. The van der Waals surface area contributed by atoms with Crippen molar-refractivity contribution in [2.45, 2.75) is 18.8 Å². The molecule has 1 aliphatic rings. The molecule has 29 heavy (non-hydrogen) atoms. The summed E-state index contributed by atoms with van der Waals surface area (Å²) in [6.07, 6.45) is 5.32. The van der Waals surface area contributed by atoms with E-state index in [1.165, 1.54) is 0 Å². The third-order valence-corrected chi connectivity index (χ3v) is 4.93. The summed E-state index contributed by atoms with van der Waals surface area (Å²) in [7, 11) is 1.75. The lowest BCUT2D eigenvalue weighted by Crippen LogP contribution is -2.41. The molecule has 2 aromatic heterocycles. The highest BCUT2D eigenvalue weighted by atomic mass is 127. The second kappa shape index (κ2) is 9.73. The molecule has 1 aromatic carbocycles. The predicted molar refractivity (Wildman–Crippen MR) is 126 cm³/mol. The summed E-state index contributed by atoms with van der Waals surface area (Å²) in [5.74, 6) is 0.912. The minimum absolute atomic E-state index is 0. The van der Waals surface area contributed by atoms with Crippen LogP contribution in [-0.2, 0) is 11.2 Å². The first-order valence-electron chi connectivity index (χ1n) is 9.49. The van der Waals surface area contributed by atoms with Crippen LogP contribution in [0.4, 0.5) is 5.69 Å². The first kappa shape index (κ1) is 21.1. The summed E-state index contributed by atoms with van der Waals surface area (Å²) >= 11 is 0. The average Bonchev–Trinajstić information content (AvgIpc) is 3.13. The minimum Gasteiger partial charge on any atom is -0.356 e. The number of aliphatic imine (C=N–C) groups is 1. The van der Waals surface area contributed by atoms with E-state index in [1.807, 2.05) is 53.2 Å². The number of hydrogen-bond donors (Lipinski definition) is 3. The lowest BCUT2D eigenvalue weighted by molar-refractivity contribution is -0.116. The van der Waals surface area contributed by atoms with Gasteiger partial charge in [0.15, 0.2) is 5.96 Å². The summed E-state index contributed by atoms with van der Waals surface area (Å²) in [5.41, 5.74) is 4.05. The quantitative estimate of drug-likeness (QED) is 0.284. The number of amides is 1. The number of imidazole rings is 1. The Labute approximate surface area is 187 Å². The Bertz CT molecular complexity index is 982. The van der Waals surface area contributed by atoms with Crippen LogP contribution in [0.1, 0.15) is 23.6 Å². The Morgan fingerprint density at radius 2 is 2.07 bits per heavy atom. The number of pyridine rings is 1. The number of rotatable bonds is 5. The molecule has 0 saturated heterocycles. The number of anilines is 1. The van der Waals surface area contributed by atoms with Crippen LogP contribution in [0.3, 0.4) is 0 Å². The molecule has 0 saturated carbocycles. The number of nitrogens with one attached hydrogen (secondary N) is 3. The summed E-state index contributed by atoms with van der Waals surface area (Å²) in [4.78, 5) is 20.9. The van der Waals surface area contributed by atoms with Crippen LogP contribution < -0.4 is 16.0 Å². The third kappa shape index (κ3) is 5.06. The molecule has 3 N–H and O–H groups in total. The van der Waals surface area contributed by atoms with Crippen LogP contribution in [0.25, 0.3) is 5.65 Å². The van der Waals surface area contributed by atoms with Gasteiger partial charge in [-0.25, -0.2) is 4.98 Å². The SMILES string of the molecule is CN=C(NCCc1cn2ccccc2n1)NCC1CC(=O)Nc2ccccc21.I. The Balaban J connectivity index is 0.00000240. The van der Waals surface area contributed by atoms with Gasteiger partial charge in [0.1, 0.15) is 5.65 Å². The van der Waals surface area contributed by atoms with E-state index in [0.29, 0.717) is 13.0 Å². The molecular weight excluding hydrogens is 479 g/mol. The van der Waals surface area contributed by atoms with Gasteiger partial charge in [-0.15, -0.1) is 24.0 Å². The molecule has 3 heterocycles. The number of fused-ring (bicyclic) bond motifs is 2. The van der Waals surface area contributed by atoms with E-state index in [-0.39, 0.29) is 35.8 Å². The van der Waals surface area contributed by atoms with Gasteiger partial charge in [-0.2, -0.15) is 0 Å². The van der Waals surface area contributed by atoms with Gasteiger partial charge in [0.2, 0.25) is 5.91 Å². The maximum atomic E-state index is 12.0. The van der Waals surface area contributed by atoms with E-state index in [1.54, 1.807) is 7.05 Å². The zero-order valence-corrected chi connectivity index (χ0v) is 18.6. The van der Waals surface area contributed by atoms with E-state index in [2.05, 4.69) is 32.0 Å². The number of para-hydroxylation sites is 1. The minimum atomic E-state index is 0. The van der Waals surface area contributed by atoms with Crippen LogP contribution in [0, 0.1) is 0 Å². The van der Waals surface area contributed by atoms with Crippen LogP contribution >= 0.6 is 24.0 Å². The molecule has 3 aromatic rings. The maximum Gasteiger partial charge on any atom is 0.225 e. The lowest BCUT2D eigenvalue weighted by Gasteiger charge is -2.26. The van der Waals surface area contributed by atoms with Crippen LogP contribution in [-0.4, -0.2) is 41.4 Å². The second-order valence-corrected chi connectivity index (χ2v) is 6.86. The normalized spacial score (nSPS) is 16.0. The molecular formula is C21H25IN6O. The molecule has 1 unspecified atom stereocenters. The third-order valence-electron chi connectivity index (χ3n) is 4.93. The first-order chi connectivity index (χ1) is 13.7. The van der Waals surface area contributed by atoms with Gasteiger partial charge in [0.25, 0.3) is 0 Å². The van der Waals surface area contributed by atoms with Gasteiger partial charge in [0, 0.05) is 57.0 Å². The molecule has 152 valence electrons. The number of hydrogen-bond acceptors (Lipinski definition) is 3. The van der Waals surface area contributed by atoms with Gasteiger partial charge in [-0.1, -0.05) is 24.3 Å². The number of benzene rings is 1. The molecule has 1 atom stereocenters. The summed E-state index contributed by atoms with van der Waals surface area (Å²) in [5, 5.41) is 9.61. The maximum absolute atomic E-state index is 12.0. The Hall–Kier alpha value is -2.62. The van der Waals surface area contributed by atoms with Crippen molar-refractivity contribution in [2.24, 2.45) is 4.99 Å². The fourth-order valence-electron chi connectivity index (χ4n) is 3.54. The van der Waals surface area contributed by atoms with Crippen molar-refractivity contribution in [3.8, 4) is 0 Å². The van der Waals surface area contributed by atoms with Crippen molar-refractivity contribution in [1.29, 1.82) is 0 Å². The predicted octanol–water partition coefficient (Wildman–Crippen LogP) is 2.79. The molecule has 4 rings (SSSR count). The van der Waals surface area contributed by atoms with Gasteiger partial charge in [0.05, 0.1) is 5.69 Å². The fraction of sp³-hybridized carbons (Fsp3) is 0.286. The molecule has 0 fully saturated rings. The number of halogens is 1. The van der Waals surface area contributed by atoms with Crippen molar-refractivity contribution >= 4 is 47.2 Å². The lowest BCUT2D eigenvalue weighted by atomic mass is 9.90. The number of carbonyl (C=O) groups excluding carboxylic acids is 1. The first-order valence-corrected chi connectivity index (χ1v) is 9.49. The second-order valence-electron chi connectivity index (χ2n) is 6.86. The highest BCUT2D eigenvalue weighted by Gasteiger charge is 2.24. The number of nitrogens with zero attached hydrogens (tertiary/aromatic N) is 3. The highest BCUT2D eigenvalue weighted by molar-refractivity contribution is 14.0. The van der Waals surface area contributed by atoms with E-state index < -0.39 is 0 Å². The fourth-order valence-corrected chi connectivity index (χ4v) is 3.54. The Morgan fingerprint density at radius 1 is 1.24 bits per heavy atom. The van der Waals surface area contributed by atoms with Crippen LogP contribution in [0.2, 0.25) is 0 Å². The van der Waals surface area contributed by atoms with Crippen LogP contribution in [0.5, 0.6) is 0 Å². The van der Waals surface area contributed by atoms with E-state index in [4.69, 9.17) is 0 Å². The molecule has 1 aliphatic heterocycles. The Kier molecular flexibility index (Phi) is 7.08. The zero-order valence-electron chi connectivity index (χ0n) is 16.3. The van der Waals surface area contributed by atoms with Crippen molar-refractivity contribution in [3.63, 3.8) is 0 Å². The molecule has 8 heteroatoms. The highest BCUT2D eigenvalue weighted by Crippen LogP contribution is 2.31. The molecule has 0 spiro atoms. The number of guanidine groups is 1. The van der Waals surface area contributed by atoms with Gasteiger partial charge < -0.3 is 20.4 Å². The molecule has 0 radical (unpaired) electrons. The van der Waals surface area contributed by atoms with Gasteiger partial charge in [-0.3, -0.25) is 9.79 Å². The molecule has 1 amide bonds. The van der Waals surface area contributed by atoms with E-state index >= 15 is 0 Å². The summed E-state index contributed by atoms with van der Waals surface area (Å²) < 4.78 is 2.02. The van der Waals surface area contributed by atoms with Gasteiger partial charge in [-0.05, 0) is 23.8 Å². The van der Waals surface area contributed by atoms with Crippen molar-refractivity contribution in [3.05, 3.63) is 66.1 Å². The Morgan fingerprint density at radius 3 is 2.90 bits per heavy atom. The smallest absolute Gasteiger partial charge is 0.225 e. The van der Waals surface area contributed by atoms with E-state index in [9.17, 15) is 4.79 Å². The topological polar surface area (TPSA) is 82.8 Å². The molecule has 0 aliphatic carbocycles. The van der Waals surface area contributed by atoms with Crippen LogP contribution in [0.15, 0.2) is 59.9 Å². The number of carbonyl (C=O) groups is 1. The largest absolute Gasteiger partial charge is 0.356 e. The molecule has 0 bridgehead atoms. The zero-order chi connectivity index (χ0) is 19.3. The average molecular weight is 504 g/mol. The summed E-state index contributed by atoms with van der Waals surface area (Å²) in [6, 6.07) is 13.9.